The molecule has 1 amide bonds. The van der Waals surface area contributed by atoms with Crippen molar-refractivity contribution in [3.63, 3.8) is 0 Å². The maximum atomic E-state index is 11.5. The third kappa shape index (κ3) is 2.69. The van der Waals surface area contributed by atoms with Gasteiger partial charge in [0.05, 0.1) is 12.1 Å². The minimum atomic E-state index is -0.104. The van der Waals surface area contributed by atoms with Crippen LogP contribution in [0.15, 0.2) is 0 Å². The van der Waals surface area contributed by atoms with Crippen molar-refractivity contribution in [3.05, 3.63) is 0 Å². The molecule has 3 unspecified atom stereocenters. The van der Waals surface area contributed by atoms with Crippen LogP contribution in [0.2, 0.25) is 0 Å². The van der Waals surface area contributed by atoms with Gasteiger partial charge in [-0.05, 0) is 19.3 Å². The van der Waals surface area contributed by atoms with Crippen molar-refractivity contribution < 1.29 is 9.53 Å². The van der Waals surface area contributed by atoms with E-state index in [2.05, 4.69) is 5.32 Å². The molecule has 3 atom stereocenters. The van der Waals surface area contributed by atoms with Crippen molar-refractivity contribution in [3.8, 4) is 0 Å². The van der Waals surface area contributed by atoms with Crippen LogP contribution >= 0.6 is 0 Å². The summed E-state index contributed by atoms with van der Waals surface area (Å²) in [6, 6.07) is 0.182. The highest BCUT2D eigenvalue weighted by Crippen LogP contribution is 2.21. The van der Waals surface area contributed by atoms with Crippen LogP contribution in [0.1, 0.15) is 26.2 Å². The molecule has 0 aromatic rings. The molecule has 1 saturated carbocycles. The Balaban J connectivity index is 2.39. The number of rotatable bonds is 4. The van der Waals surface area contributed by atoms with Crippen molar-refractivity contribution in [1.29, 1.82) is 0 Å². The molecule has 0 aromatic carbocycles. The van der Waals surface area contributed by atoms with Gasteiger partial charge in [0.1, 0.15) is 0 Å². The lowest BCUT2D eigenvalue weighted by Crippen LogP contribution is -2.44. The molecule has 1 fully saturated rings. The molecule has 4 nitrogen and oxygen atoms in total. The number of ether oxygens (including phenoxy) is 1. The molecule has 0 aromatic heterocycles. The fourth-order valence-electron chi connectivity index (χ4n) is 1.81. The number of hydrogen-bond acceptors (Lipinski definition) is 3. The predicted octanol–water partition coefficient (Wildman–Crippen LogP) is 0.265. The van der Waals surface area contributed by atoms with Gasteiger partial charge in [0.2, 0.25) is 5.91 Å². The first-order chi connectivity index (χ1) is 6.69. The van der Waals surface area contributed by atoms with E-state index in [9.17, 15) is 4.79 Å². The van der Waals surface area contributed by atoms with E-state index in [1.165, 1.54) is 0 Å². The number of hydrogen-bond donors (Lipinski definition) is 2. The number of amides is 1. The van der Waals surface area contributed by atoms with Gasteiger partial charge in [-0.25, -0.2) is 0 Å². The van der Waals surface area contributed by atoms with E-state index in [1.807, 2.05) is 6.92 Å². The Morgan fingerprint density at radius 3 is 2.93 bits per heavy atom. The molecule has 0 radical (unpaired) electrons. The van der Waals surface area contributed by atoms with E-state index in [1.54, 1.807) is 7.11 Å². The van der Waals surface area contributed by atoms with Crippen molar-refractivity contribution in [2.45, 2.75) is 38.3 Å². The molecule has 0 saturated heterocycles. The number of carbonyl (C=O) groups is 1. The number of methoxy groups -OCH3 is 1. The van der Waals surface area contributed by atoms with Crippen LogP contribution in [0.3, 0.4) is 0 Å². The highest BCUT2D eigenvalue weighted by Gasteiger charge is 2.29. The Labute approximate surface area is 85.2 Å². The summed E-state index contributed by atoms with van der Waals surface area (Å²) in [5, 5.41) is 2.99. The molecule has 14 heavy (non-hydrogen) atoms. The molecule has 0 spiro atoms. The Kier molecular flexibility index (Phi) is 4.35. The zero-order valence-electron chi connectivity index (χ0n) is 8.95. The van der Waals surface area contributed by atoms with E-state index in [0.717, 1.165) is 19.3 Å². The third-order valence-electron chi connectivity index (χ3n) is 2.88. The maximum absolute atomic E-state index is 11.5. The molecule has 4 heteroatoms. The summed E-state index contributed by atoms with van der Waals surface area (Å²) in [7, 11) is 1.70. The minimum Gasteiger partial charge on any atom is -0.379 e. The molecular formula is C10H20N2O2. The molecule has 82 valence electrons. The van der Waals surface area contributed by atoms with Gasteiger partial charge in [0, 0.05) is 19.6 Å². The van der Waals surface area contributed by atoms with E-state index >= 15 is 0 Å². The van der Waals surface area contributed by atoms with Gasteiger partial charge in [-0.3, -0.25) is 4.79 Å². The lowest BCUT2D eigenvalue weighted by molar-refractivity contribution is -0.125. The van der Waals surface area contributed by atoms with Crippen LogP contribution in [0.5, 0.6) is 0 Å². The molecule has 1 aliphatic carbocycles. The number of carbonyl (C=O) groups excluding carboxylic acids is 1. The second-order valence-electron chi connectivity index (χ2n) is 3.96. The zero-order chi connectivity index (χ0) is 10.6. The van der Waals surface area contributed by atoms with Crippen molar-refractivity contribution >= 4 is 5.91 Å². The fraction of sp³-hybridized carbons (Fsp3) is 0.900. The van der Waals surface area contributed by atoms with Crippen molar-refractivity contribution in [2.75, 3.05) is 13.7 Å². The van der Waals surface area contributed by atoms with Crippen LogP contribution < -0.4 is 11.1 Å². The SMILES string of the molecule is COC1CCCC1NC(=O)C(C)CN. The maximum Gasteiger partial charge on any atom is 0.224 e. The first-order valence-electron chi connectivity index (χ1n) is 5.22. The summed E-state index contributed by atoms with van der Waals surface area (Å²) in [5.74, 6) is -0.0606. The second kappa shape index (κ2) is 5.32. The quantitative estimate of drug-likeness (QED) is 0.684. The molecular weight excluding hydrogens is 180 g/mol. The smallest absolute Gasteiger partial charge is 0.224 e. The predicted molar refractivity (Wildman–Crippen MR) is 54.8 cm³/mol. The second-order valence-corrected chi connectivity index (χ2v) is 3.96. The van der Waals surface area contributed by atoms with Crippen molar-refractivity contribution in [2.24, 2.45) is 11.7 Å². The monoisotopic (exact) mass is 200 g/mol. The van der Waals surface area contributed by atoms with Crippen LogP contribution in [-0.4, -0.2) is 31.7 Å². The van der Waals surface area contributed by atoms with Gasteiger partial charge in [0.25, 0.3) is 0 Å². The minimum absolute atomic E-state index is 0.0430. The average molecular weight is 200 g/mol. The highest BCUT2D eigenvalue weighted by molar-refractivity contribution is 5.78. The lowest BCUT2D eigenvalue weighted by Gasteiger charge is -2.21. The summed E-state index contributed by atoms with van der Waals surface area (Å²) < 4.78 is 5.29. The van der Waals surface area contributed by atoms with Gasteiger partial charge in [-0.15, -0.1) is 0 Å². The molecule has 1 aliphatic rings. The highest BCUT2D eigenvalue weighted by atomic mass is 16.5. The van der Waals surface area contributed by atoms with Gasteiger partial charge in [0.15, 0.2) is 0 Å². The molecule has 0 bridgehead atoms. The molecule has 1 rings (SSSR count). The van der Waals surface area contributed by atoms with Crippen LogP contribution in [0.25, 0.3) is 0 Å². The standard InChI is InChI=1S/C10H20N2O2/c1-7(6-11)10(13)12-8-4-3-5-9(8)14-2/h7-9H,3-6,11H2,1-2H3,(H,12,13). The topological polar surface area (TPSA) is 64.3 Å². The van der Waals surface area contributed by atoms with Crippen LogP contribution in [-0.2, 0) is 9.53 Å². The summed E-state index contributed by atoms with van der Waals surface area (Å²) in [5.41, 5.74) is 5.42. The van der Waals surface area contributed by atoms with Gasteiger partial charge in [-0.2, -0.15) is 0 Å². The molecule has 3 N–H and O–H groups in total. The van der Waals surface area contributed by atoms with E-state index in [-0.39, 0.29) is 24.0 Å². The van der Waals surface area contributed by atoms with Gasteiger partial charge in [-0.1, -0.05) is 6.92 Å². The molecule has 0 aliphatic heterocycles. The summed E-state index contributed by atoms with van der Waals surface area (Å²) in [6.45, 7) is 2.24. The van der Waals surface area contributed by atoms with Gasteiger partial charge < -0.3 is 15.8 Å². The summed E-state index contributed by atoms with van der Waals surface area (Å²) in [6.07, 6.45) is 3.37. The lowest BCUT2D eigenvalue weighted by atomic mass is 10.1. The first kappa shape index (κ1) is 11.5. The zero-order valence-corrected chi connectivity index (χ0v) is 8.95. The summed E-state index contributed by atoms with van der Waals surface area (Å²) in [4.78, 5) is 11.5. The van der Waals surface area contributed by atoms with E-state index in [4.69, 9.17) is 10.5 Å². The van der Waals surface area contributed by atoms with Crippen LogP contribution in [0, 0.1) is 5.92 Å². The molecule has 0 heterocycles. The fourth-order valence-corrected chi connectivity index (χ4v) is 1.81. The number of nitrogens with two attached hydrogens (primary N) is 1. The Bertz CT molecular complexity index is 197. The number of nitrogens with one attached hydrogen (secondary N) is 1. The summed E-state index contributed by atoms with van der Waals surface area (Å²) >= 11 is 0. The Morgan fingerprint density at radius 2 is 2.36 bits per heavy atom. The largest absolute Gasteiger partial charge is 0.379 e. The Morgan fingerprint density at radius 1 is 1.64 bits per heavy atom. The third-order valence-corrected chi connectivity index (χ3v) is 2.88. The van der Waals surface area contributed by atoms with Gasteiger partial charge >= 0.3 is 0 Å². The van der Waals surface area contributed by atoms with E-state index in [0.29, 0.717) is 6.54 Å². The van der Waals surface area contributed by atoms with Crippen LogP contribution in [0.4, 0.5) is 0 Å². The first-order valence-corrected chi connectivity index (χ1v) is 5.22. The van der Waals surface area contributed by atoms with E-state index < -0.39 is 0 Å². The van der Waals surface area contributed by atoms with Crippen molar-refractivity contribution in [1.82, 2.24) is 5.32 Å². The normalized spacial score (nSPS) is 28.8. The Hall–Kier alpha value is -0.610. The average Bonchev–Trinajstić information content (AvgIpc) is 2.63.